The van der Waals surface area contributed by atoms with Gasteiger partial charge in [0.05, 0.1) is 5.75 Å². The average molecular weight is 846 g/mol. The van der Waals surface area contributed by atoms with Gasteiger partial charge in [0.15, 0.2) is 0 Å². The van der Waals surface area contributed by atoms with Crippen molar-refractivity contribution in [3.63, 3.8) is 0 Å². The Morgan fingerprint density at radius 2 is 0.759 bits per heavy atom. The van der Waals surface area contributed by atoms with Gasteiger partial charge in [0.2, 0.25) is 10.0 Å². The highest BCUT2D eigenvalue weighted by molar-refractivity contribution is 7.89. The maximum atomic E-state index is 13.0. The molecule has 0 aromatic rings. The molecule has 0 heterocycles. The highest BCUT2D eigenvalue weighted by Gasteiger charge is 2.36. The van der Waals surface area contributed by atoms with Crippen LogP contribution in [0.4, 0.5) is 0 Å². The number of hydrogen-bond donors (Lipinski definition) is 2. The Balaban J connectivity index is 5.52. The van der Waals surface area contributed by atoms with Crippen LogP contribution in [0.5, 0.6) is 0 Å². The Kier molecular flexibility index (Phi) is 38.2. The summed E-state index contributed by atoms with van der Waals surface area (Å²) in [5.74, 6) is -1.40. The van der Waals surface area contributed by atoms with Crippen LogP contribution in [0, 0.1) is 0 Å². The van der Waals surface area contributed by atoms with Crippen LogP contribution in [0.25, 0.3) is 0 Å². The fraction of sp³-hybridized carbons (Fsp3) is 0.935. The summed E-state index contributed by atoms with van der Waals surface area (Å²) in [7, 11) is 0.104. The molecular formula is C46H91N3O8S. The Morgan fingerprint density at radius 3 is 1.05 bits per heavy atom. The van der Waals surface area contributed by atoms with Crippen LogP contribution in [0.1, 0.15) is 213 Å². The largest absolute Gasteiger partial charge is 0.463 e. The number of esters is 3. The first kappa shape index (κ1) is 56.2. The van der Waals surface area contributed by atoms with E-state index < -0.39 is 15.6 Å². The third-order valence-corrected chi connectivity index (χ3v) is 12.1. The molecule has 0 saturated heterocycles. The van der Waals surface area contributed by atoms with Crippen molar-refractivity contribution in [2.45, 2.75) is 219 Å². The number of unbranched alkanes of at least 4 members (excludes halogenated alkanes) is 24. The second kappa shape index (κ2) is 39.4. The zero-order valence-corrected chi connectivity index (χ0v) is 39.1. The van der Waals surface area contributed by atoms with Gasteiger partial charge in [-0.25, -0.2) is 13.1 Å². The van der Waals surface area contributed by atoms with Crippen LogP contribution in [-0.2, 0) is 38.6 Å². The zero-order valence-electron chi connectivity index (χ0n) is 38.3. The highest BCUT2D eigenvalue weighted by atomic mass is 32.2. The van der Waals surface area contributed by atoms with Crippen LogP contribution in [0.3, 0.4) is 0 Å². The number of carbonyl (C=O) groups excluding carboxylic acids is 3. The Bertz CT molecular complexity index is 996. The first-order chi connectivity index (χ1) is 28.0. The van der Waals surface area contributed by atoms with Gasteiger partial charge in [-0.2, -0.15) is 0 Å². The molecule has 11 nitrogen and oxygen atoms in total. The van der Waals surface area contributed by atoms with E-state index in [-0.39, 0.29) is 75.8 Å². The third-order valence-electron chi connectivity index (χ3n) is 10.7. The lowest BCUT2D eigenvalue weighted by Crippen LogP contribution is -2.58. The van der Waals surface area contributed by atoms with E-state index in [2.05, 4.69) is 30.8 Å². The summed E-state index contributed by atoms with van der Waals surface area (Å²) in [6, 6.07) is 0. The van der Waals surface area contributed by atoms with Crippen molar-refractivity contribution < 1.29 is 37.0 Å². The lowest BCUT2D eigenvalue weighted by molar-refractivity contribution is -0.157. The number of likely N-dealkylation sites (N-methyl/N-ethyl adjacent to an activating group) is 1. The van der Waals surface area contributed by atoms with Crippen molar-refractivity contribution in [3.05, 3.63) is 0 Å². The second-order valence-electron chi connectivity index (χ2n) is 16.9. The molecule has 344 valence electrons. The summed E-state index contributed by atoms with van der Waals surface area (Å²) in [5.41, 5.74) is -1.31. The van der Waals surface area contributed by atoms with Crippen LogP contribution in [0.2, 0.25) is 0 Å². The Hall–Kier alpha value is -1.76. The van der Waals surface area contributed by atoms with Crippen molar-refractivity contribution in [2.75, 3.05) is 59.3 Å². The molecule has 0 saturated carbocycles. The molecule has 0 fully saturated rings. The summed E-state index contributed by atoms with van der Waals surface area (Å²) < 4.78 is 45.7. The fourth-order valence-corrected chi connectivity index (χ4v) is 7.76. The lowest BCUT2D eigenvalue weighted by atomic mass is 10.0. The Labute approximate surface area is 357 Å². The van der Waals surface area contributed by atoms with Crippen LogP contribution in [-0.4, -0.2) is 96.1 Å². The minimum absolute atomic E-state index is 0.0291. The molecular weight excluding hydrogens is 755 g/mol. The zero-order chi connectivity index (χ0) is 43.0. The summed E-state index contributed by atoms with van der Waals surface area (Å²) in [6.07, 6.45) is 31.2. The second-order valence-corrected chi connectivity index (χ2v) is 18.9. The molecule has 0 atom stereocenters. The number of ether oxygens (including phenoxy) is 3. The van der Waals surface area contributed by atoms with Gasteiger partial charge in [-0.1, -0.05) is 175 Å². The molecule has 0 aliphatic carbocycles. The quantitative estimate of drug-likeness (QED) is 0.0346. The predicted octanol–water partition coefficient (Wildman–Crippen LogP) is 10.2. The van der Waals surface area contributed by atoms with E-state index in [1.807, 2.05) is 19.0 Å². The molecule has 2 N–H and O–H groups in total. The summed E-state index contributed by atoms with van der Waals surface area (Å²) >= 11 is 0. The van der Waals surface area contributed by atoms with E-state index >= 15 is 0 Å². The van der Waals surface area contributed by atoms with Crippen molar-refractivity contribution in [2.24, 2.45) is 0 Å². The maximum absolute atomic E-state index is 13.0. The van der Waals surface area contributed by atoms with E-state index in [1.165, 1.54) is 96.3 Å². The smallest absolute Gasteiger partial charge is 0.305 e. The molecule has 0 aliphatic rings. The van der Waals surface area contributed by atoms with Crippen molar-refractivity contribution in [1.82, 2.24) is 14.9 Å². The SMILES string of the molecule is CCCCCCCCCCCC(=O)OCC(COC(=O)CCCCCCCCCCC)(COC(=O)CCCCCCCCCCC)NCCS(=O)(=O)NCCN(C)C. The van der Waals surface area contributed by atoms with E-state index in [0.717, 1.165) is 57.8 Å². The molecule has 0 radical (unpaired) electrons. The van der Waals surface area contributed by atoms with Crippen molar-refractivity contribution >= 4 is 27.9 Å². The fourth-order valence-electron chi connectivity index (χ4n) is 6.84. The van der Waals surface area contributed by atoms with Crippen molar-refractivity contribution in [3.8, 4) is 0 Å². The monoisotopic (exact) mass is 846 g/mol. The van der Waals surface area contributed by atoms with E-state index in [4.69, 9.17) is 14.2 Å². The van der Waals surface area contributed by atoms with E-state index in [0.29, 0.717) is 25.8 Å². The van der Waals surface area contributed by atoms with Crippen LogP contribution >= 0.6 is 0 Å². The topological polar surface area (TPSA) is 140 Å². The van der Waals surface area contributed by atoms with Gasteiger partial charge in [-0.15, -0.1) is 0 Å². The molecule has 12 heteroatoms. The number of carbonyl (C=O) groups is 3. The molecule has 0 spiro atoms. The van der Waals surface area contributed by atoms with Gasteiger partial charge < -0.3 is 24.4 Å². The van der Waals surface area contributed by atoms with Gasteiger partial charge in [0, 0.05) is 38.9 Å². The van der Waals surface area contributed by atoms with Gasteiger partial charge in [-0.3, -0.25) is 14.4 Å². The summed E-state index contributed by atoms with van der Waals surface area (Å²) in [5, 5.41) is 3.21. The number of nitrogens with zero attached hydrogens (tertiary/aromatic N) is 1. The third kappa shape index (κ3) is 37.3. The average Bonchev–Trinajstić information content (AvgIpc) is 3.19. The predicted molar refractivity (Wildman–Crippen MR) is 239 cm³/mol. The van der Waals surface area contributed by atoms with Gasteiger partial charge >= 0.3 is 17.9 Å². The number of rotatable bonds is 44. The highest BCUT2D eigenvalue weighted by Crippen LogP contribution is 2.16. The molecule has 58 heavy (non-hydrogen) atoms. The van der Waals surface area contributed by atoms with Gasteiger partial charge in [0.25, 0.3) is 0 Å². The normalized spacial score (nSPS) is 12.0. The molecule has 0 rings (SSSR count). The minimum atomic E-state index is -3.64. The molecule has 0 aromatic carbocycles. The summed E-state index contributed by atoms with van der Waals surface area (Å²) in [4.78, 5) is 40.9. The number of hydrogen-bond acceptors (Lipinski definition) is 10. The Morgan fingerprint density at radius 1 is 0.466 bits per heavy atom. The van der Waals surface area contributed by atoms with E-state index in [1.54, 1.807) is 0 Å². The summed E-state index contributed by atoms with van der Waals surface area (Å²) in [6.45, 7) is 6.75. The standard InChI is InChI=1S/C46H91N3O8S/c1-6-9-12-15-18-21-24-27-30-33-43(50)55-40-46(47-37-39-58(53,54)48-36-38-49(4)5,41-56-44(51)34-31-28-25-22-19-16-13-10-7-2)42-57-45(52)35-32-29-26-23-20-17-14-11-8-3/h47-48H,6-42H2,1-5H3. The molecule has 0 unspecified atom stereocenters. The first-order valence-corrected chi connectivity index (χ1v) is 25.5. The molecule has 0 aromatic heterocycles. The maximum Gasteiger partial charge on any atom is 0.305 e. The minimum Gasteiger partial charge on any atom is -0.463 e. The van der Waals surface area contributed by atoms with E-state index in [9.17, 15) is 22.8 Å². The number of nitrogens with one attached hydrogen (secondary N) is 2. The van der Waals surface area contributed by atoms with Gasteiger partial charge in [0.1, 0.15) is 25.4 Å². The van der Waals surface area contributed by atoms with Crippen LogP contribution in [0.15, 0.2) is 0 Å². The van der Waals surface area contributed by atoms with Gasteiger partial charge in [-0.05, 0) is 33.4 Å². The molecule has 0 bridgehead atoms. The lowest BCUT2D eigenvalue weighted by Gasteiger charge is -2.33. The van der Waals surface area contributed by atoms with Crippen LogP contribution < -0.4 is 10.0 Å². The molecule has 0 amide bonds. The molecule has 0 aliphatic heterocycles. The number of sulfonamides is 1. The van der Waals surface area contributed by atoms with Crippen molar-refractivity contribution in [1.29, 1.82) is 0 Å². The first-order valence-electron chi connectivity index (χ1n) is 23.8.